The van der Waals surface area contributed by atoms with E-state index >= 15 is 0 Å². The SMILES string of the molecule is CN1CCc2nc(NC(=O)NCCCOc3ccc(C(C)(C)C)cc3Br)sc2C1. The largest absolute Gasteiger partial charge is 0.492 e. The molecular formula is C21H29BrN4O2S. The summed E-state index contributed by atoms with van der Waals surface area (Å²) >= 11 is 5.14. The molecule has 3 rings (SSSR count). The van der Waals surface area contributed by atoms with E-state index in [1.807, 2.05) is 6.07 Å². The van der Waals surface area contributed by atoms with Crippen molar-refractivity contribution in [3.63, 3.8) is 0 Å². The monoisotopic (exact) mass is 480 g/mol. The summed E-state index contributed by atoms with van der Waals surface area (Å²) in [6.45, 7) is 9.54. The maximum Gasteiger partial charge on any atom is 0.321 e. The van der Waals surface area contributed by atoms with Crippen LogP contribution in [0.3, 0.4) is 0 Å². The number of nitrogens with zero attached hydrogens (tertiary/aromatic N) is 2. The van der Waals surface area contributed by atoms with Gasteiger partial charge >= 0.3 is 6.03 Å². The maximum absolute atomic E-state index is 12.1. The summed E-state index contributed by atoms with van der Waals surface area (Å²) in [6, 6.07) is 5.97. The fraction of sp³-hybridized carbons (Fsp3) is 0.524. The lowest BCUT2D eigenvalue weighted by molar-refractivity contribution is 0.250. The number of anilines is 1. The summed E-state index contributed by atoms with van der Waals surface area (Å²) in [5.74, 6) is 0.820. The maximum atomic E-state index is 12.1. The molecular weight excluding hydrogens is 452 g/mol. The van der Waals surface area contributed by atoms with Gasteiger partial charge in [-0.3, -0.25) is 5.32 Å². The molecule has 2 heterocycles. The molecule has 2 aromatic rings. The lowest BCUT2D eigenvalue weighted by Gasteiger charge is -2.20. The molecule has 0 saturated heterocycles. The van der Waals surface area contributed by atoms with Gasteiger partial charge in [0.05, 0.1) is 16.8 Å². The predicted octanol–water partition coefficient (Wildman–Crippen LogP) is 4.78. The Morgan fingerprint density at radius 1 is 1.38 bits per heavy atom. The number of hydrogen-bond acceptors (Lipinski definition) is 5. The molecule has 1 aromatic carbocycles. The third kappa shape index (κ3) is 6.17. The van der Waals surface area contributed by atoms with Gasteiger partial charge in [0.15, 0.2) is 5.13 Å². The van der Waals surface area contributed by atoms with Gasteiger partial charge in [-0.05, 0) is 52.5 Å². The molecule has 6 nitrogen and oxygen atoms in total. The molecule has 0 fully saturated rings. The van der Waals surface area contributed by atoms with Crippen molar-refractivity contribution in [3.8, 4) is 5.75 Å². The molecule has 29 heavy (non-hydrogen) atoms. The first-order valence-electron chi connectivity index (χ1n) is 9.87. The third-order valence-electron chi connectivity index (χ3n) is 4.80. The van der Waals surface area contributed by atoms with E-state index in [-0.39, 0.29) is 11.4 Å². The molecule has 0 atom stereocenters. The number of thiazole rings is 1. The standard InChI is InChI=1S/C21H29BrN4O2S/c1-21(2,3)14-6-7-17(15(22)12-14)28-11-5-9-23-19(27)25-20-24-16-8-10-26(4)13-18(16)29-20/h6-7,12H,5,8-11,13H2,1-4H3,(H2,23,24,25,27). The molecule has 0 aliphatic carbocycles. The normalized spacial score (nSPS) is 14.4. The number of halogens is 1. The van der Waals surface area contributed by atoms with Crippen LogP contribution in [0.15, 0.2) is 22.7 Å². The van der Waals surface area contributed by atoms with E-state index in [2.05, 4.69) is 76.4 Å². The molecule has 8 heteroatoms. The van der Waals surface area contributed by atoms with Gasteiger partial charge in [0.1, 0.15) is 5.75 Å². The number of aromatic nitrogens is 1. The van der Waals surface area contributed by atoms with Gasteiger partial charge in [0, 0.05) is 30.9 Å². The molecule has 158 valence electrons. The molecule has 0 spiro atoms. The highest BCUT2D eigenvalue weighted by Gasteiger charge is 2.19. The molecule has 2 N–H and O–H groups in total. The predicted molar refractivity (Wildman–Crippen MR) is 122 cm³/mol. The summed E-state index contributed by atoms with van der Waals surface area (Å²) in [4.78, 5) is 20.1. The average Bonchev–Trinajstić information content (AvgIpc) is 3.02. The first-order chi connectivity index (χ1) is 13.7. The molecule has 2 amide bonds. The smallest absolute Gasteiger partial charge is 0.321 e. The number of ether oxygens (including phenoxy) is 1. The van der Waals surface area contributed by atoms with Crippen LogP contribution in [0.5, 0.6) is 5.75 Å². The van der Waals surface area contributed by atoms with Crippen molar-refractivity contribution >= 4 is 38.4 Å². The lowest BCUT2D eigenvalue weighted by atomic mass is 9.87. The molecule has 1 aromatic heterocycles. The highest BCUT2D eigenvalue weighted by Crippen LogP contribution is 2.31. The van der Waals surface area contributed by atoms with Crippen molar-refractivity contribution in [3.05, 3.63) is 38.8 Å². The van der Waals surface area contributed by atoms with Crippen LogP contribution in [-0.4, -0.2) is 42.7 Å². The Bertz CT molecular complexity index is 863. The van der Waals surface area contributed by atoms with Crippen molar-refractivity contribution in [2.75, 3.05) is 32.1 Å². The zero-order valence-electron chi connectivity index (χ0n) is 17.5. The second-order valence-electron chi connectivity index (χ2n) is 8.35. The van der Waals surface area contributed by atoms with E-state index in [0.717, 1.165) is 41.8 Å². The number of rotatable bonds is 6. The zero-order chi connectivity index (χ0) is 21.0. The van der Waals surface area contributed by atoms with Crippen LogP contribution in [-0.2, 0) is 18.4 Å². The van der Waals surface area contributed by atoms with Gasteiger partial charge in [-0.25, -0.2) is 9.78 Å². The number of benzene rings is 1. The summed E-state index contributed by atoms with van der Waals surface area (Å²) in [5, 5.41) is 6.38. The Morgan fingerprint density at radius 3 is 2.90 bits per heavy atom. The Hall–Kier alpha value is -1.64. The highest BCUT2D eigenvalue weighted by atomic mass is 79.9. The van der Waals surface area contributed by atoms with Gasteiger partial charge in [0.2, 0.25) is 0 Å². The van der Waals surface area contributed by atoms with E-state index in [1.54, 1.807) is 11.3 Å². The number of carbonyl (C=O) groups excluding carboxylic acids is 1. The van der Waals surface area contributed by atoms with E-state index in [1.165, 1.54) is 10.4 Å². The van der Waals surface area contributed by atoms with Crippen LogP contribution in [0, 0.1) is 0 Å². The van der Waals surface area contributed by atoms with Crippen molar-refractivity contribution in [1.82, 2.24) is 15.2 Å². The van der Waals surface area contributed by atoms with Crippen molar-refractivity contribution < 1.29 is 9.53 Å². The van der Waals surface area contributed by atoms with E-state index in [9.17, 15) is 4.79 Å². The average molecular weight is 481 g/mol. The van der Waals surface area contributed by atoms with Crippen molar-refractivity contribution in [1.29, 1.82) is 0 Å². The van der Waals surface area contributed by atoms with Crippen LogP contribution < -0.4 is 15.4 Å². The number of hydrogen-bond donors (Lipinski definition) is 2. The van der Waals surface area contributed by atoms with Crippen LogP contribution in [0.1, 0.15) is 43.3 Å². The molecule has 0 saturated carbocycles. The van der Waals surface area contributed by atoms with E-state index < -0.39 is 0 Å². The van der Waals surface area contributed by atoms with Crippen LogP contribution in [0.25, 0.3) is 0 Å². The topological polar surface area (TPSA) is 66.5 Å². The summed E-state index contributed by atoms with van der Waals surface area (Å²) < 4.78 is 6.79. The van der Waals surface area contributed by atoms with Crippen LogP contribution >= 0.6 is 27.3 Å². The van der Waals surface area contributed by atoms with Crippen molar-refractivity contribution in [2.24, 2.45) is 0 Å². The van der Waals surface area contributed by atoms with Crippen LogP contribution in [0.2, 0.25) is 0 Å². The molecule has 1 aliphatic heterocycles. The lowest BCUT2D eigenvalue weighted by Crippen LogP contribution is -2.30. The second-order valence-corrected chi connectivity index (χ2v) is 10.3. The minimum Gasteiger partial charge on any atom is -0.492 e. The first-order valence-corrected chi connectivity index (χ1v) is 11.5. The summed E-state index contributed by atoms with van der Waals surface area (Å²) in [5.41, 5.74) is 2.47. The molecule has 0 unspecified atom stereocenters. The fourth-order valence-corrected chi connectivity index (χ4v) is 4.64. The van der Waals surface area contributed by atoms with Gasteiger partial charge in [0.25, 0.3) is 0 Å². The first kappa shape index (κ1) is 22.1. The van der Waals surface area contributed by atoms with Gasteiger partial charge in [-0.2, -0.15) is 0 Å². The number of carbonyl (C=O) groups is 1. The Labute approximate surface area is 185 Å². The van der Waals surface area contributed by atoms with Crippen LogP contribution in [0.4, 0.5) is 9.93 Å². The van der Waals surface area contributed by atoms with E-state index in [0.29, 0.717) is 18.3 Å². The number of fused-ring (bicyclic) bond motifs is 1. The highest BCUT2D eigenvalue weighted by molar-refractivity contribution is 9.10. The molecule has 0 radical (unpaired) electrons. The Kier molecular flexibility index (Phi) is 7.19. The zero-order valence-corrected chi connectivity index (χ0v) is 19.9. The Balaban J connectivity index is 1.38. The second kappa shape index (κ2) is 9.45. The number of urea groups is 1. The Morgan fingerprint density at radius 2 is 2.17 bits per heavy atom. The molecule has 0 bridgehead atoms. The van der Waals surface area contributed by atoms with E-state index in [4.69, 9.17) is 4.74 Å². The van der Waals surface area contributed by atoms with Crippen molar-refractivity contribution in [2.45, 2.75) is 45.6 Å². The van der Waals surface area contributed by atoms with Gasteiger partial charge in [-0.15, -0.1) is 11.3 Å². The fourth-order valence-electron chi connectivity index (χ4n) is 3.06. The quantitative estimate of drug-likeness (QED) is 0.583. The third-order valence-corrected chi connectivity index (χ3v) is 6.42. The minimum absolute atomic E-state index is 0.102. The van der Waals surface area contributed by atoms with Gasteiger partial charge < -0.3 is 15.0 Å². The molecule has 1 aliphatic rings. The number of nitrogens with one attached hydrogen (secondary N) is 2. The number of amides is 2. The number of likely N-dealkylation sites (N-methyl/N-ethyl adjacent to an activating group) is 1. The minimum atomic E-state index is -0.222. The summed E-state index contributed by atoms with van der Waals surface area (Å²) in [7, 11) is 2.10. The summed E-state index contributed by atoms with van der Waals surface area (Å²) in [6.07, 6.45) is 1.66. The van der Waals surface area contributed by atoms with Gasteiger partial charge in [-0.1, -0.05) is 26.8 Å².